The predicted molar refractivity (Wildman–Crippen MR) is 79.1 cm³/mol. The Morgan fingerprint density at radius 3 is 2.95 bits per heavy atom. The van der Waals surface area contributed by atoms with E-state index < -0.39 is 0 Å². The van der Waals surface area contributed by atoms with E-state index in [-0.39, 0.29) is 11.6 Å². The summed E-state index contributed by atoms with van der Waals surface area (Å²) < 4.78 is 0. The summed E-state index contributed by atoms with van der Waals surface area (Å²) in [5.41, 5.74) is 3.10. The fraction of sp³-hybridized carbons (Fsp3) is 0.562. The lowest BCUT2D eigenvalue weighted by Crippen LogP contribution is -2.62. The van der Waals surface area contributed by atoms with Gasteiger partial charge in [0.1, 0.15) is 5.66 Å². The third-order valence-corrected chi connectivity index (χ3v) is 4.89. The van der Waals surface area contributed by atoms with Crippen molar-refractivity contribution in [3.63, 3.8) is 0 Å². The molecule has 4 heteroatoms. The highest BCUT2D eigenvalue weighted by molar-refractivity contribution is 6.02. The zero-order valence-electron chi connectivity index (χ0n) is 11.9. The second-order valence-electron chi connectivity index (χ2n) is 6.43. The van der Waals surface area contributed by atoms with Gasteiger partial charge in [-0.3, -0.25) is 4.79 Å². The molecule has 0 unspecified atom stereocenters. The molecule has 3 aliphatic rings. The van der Waals surface area contributed by atoms with Crippen LogP contribution in [0.1, 0.15) is 48.0 Å². The lowest BCUT2D eigenvalue weighted by molar-refractivity contribution is 0.0887. The van der Waals surface area contributed by atoms with Crippen LogP contribution in [0.2, 0.25) is 0 Å². The Balaban J connectivity index is 1.82. The Labute approximate surface area is 119 Å². The van der Waals surface area contributed by atoms with Gasteiger partial charge >= 0.3 is 0 Å². The lowest BCUT2D eigenvalue weighted by atomic mass is 9.96. The summed E-state index contributed by atoms with van der Waals surface area (Å²) >= 11 is 0. The molecule has 4 rings (SSSR count). The van der Waals surface area contributed by atoms with Gasteiger partial charge in [0, 0.05) is 19.5 Å². The van der Waals surface area contributed by atoms with E-state index in [1.807, 2.05) is 6.07 Å². The van der Waals surface area contributed by atoms with Crippen molar-refractivity contribution in [2.75, 3.05) is 24.5 Å². The molecule has 1 saturated heterocycles. The molecule has 0 spiro atoms. The molecule has 2 fully saturated rings. The van der Waals surface area contributed by atoms with Crippen LogP contribution < -0.4 is 15.5 Å². The van der Waals surface area contributed by atoms with E-state index in [1.54, 1.807) is 0 Å². The zero-order valence-corrected chi connectivity index (χ0v) is 11.9. The minimum atomic E-state index is -0.254. The molecule has 2 aliphatic heterocycles. The van der Waals surface area contributed by atoms with Crippen LogP contribution in [0.4, 0.5) is 5.69 Å². The van der Waals surface area contributed by atoms with Crippen LogP contribution in [-0.4, -0.2) is 31.2 Å². The Morgan fingerprint density at radius 1 is 1.30 bits per heavy atom. The number of fused-ring (bicyclic) bond motifs is 3. The highest BCUT2D eigenvalue weighted by Crippen LogP contribution is 2.43. The number of nitrogens with zero attached hydrogens (tertiary/aromatic N) is 1. The number of hydrogen-bond donors (Lipinski definition) is 2. The summed E-state index contributed by atoms with van der Waals surface area (Å²) in [5, 5.41) is 6.63. The predicted octanol–water partition coefficient (Wildman–Crippen LogP) is 1.82. The van der Waals surface area contributed by atoms with Gasteiger partial charge in [0.25, 0.3) is 5.91 Å². The minimum Gasteiger partial charge on any atom is -0.347 e. The molecule has 2 heterocycles. The Kier molecular flexibility index (Phi) is 2.58. The Hall–Kier alpha value is -1.55. The lowest BCUT2D eigenvalue weighted by Gasteiger charge is -2.46. The molecule has 4 nitrogen and oxygen atoms in total. The van der Waals surface area contributed by atoms with E-state index in [4.69, 9.17) is 0 Å². The van der Waals surface area contributed by atoms with Crippen LogP contribution in [0.3, 0.4) is 0 Å². The monoisotopic (exact) mass is 271 g/mol. The van der Waals surface area contributed by atoms with Crippen molar-refractivity contribution in [1.29, 1.82) is 0 Å². The zero-order chi connectivity index (χ0) is 13.7. The molecular formula is C16H21N3O. The smallest absolute Gasteiger partial charge is 0.255 e. The number of hydrogen-bond acceptors (Lipinski definition) is 3. The van der Waals surface area contributed by atoms with Gasteiger partial charge in [0.05, 0.1) is 11.3 Å². The normalized spacial score (nSPS) is 29.2. The van der Waals surface area contributed by atoms with Crippen LogP contribution in [0.5, 0.6) is 0 Å². The topological polar surface area (TPSA) is 44.4 Å². The van der Waals surface area contributed by atoms with E-state index in [9.17, 15) is 4.79 Å². The summed E-state index contributed by atoms with van der Waals surface area (Å²) in [6.45, 7) is 5.01. The van der Waals surface area contributed by atoms with Crippen LogP contribution in [-0.2, 0) is 0 Å². The van der Waals surface area contributed by atoms with Crippen LogP contribution in [0.25, 0.3) is 0 Å². The van der Waals surface area contributed by atoms with Gasteiger partial charge < -0.3 is 15.5 Å². The Bertz CT molecular complexity index is 567. The van der Waals surface area contributed by atoms with E-state index in [2.05, 4.69) is 34.6 Å². The summed E-state index contributed by atoms with van der Waals surface area (Å²) in [7, 11) is 0. The number of carbonyl (C=O) groups is 1. The van der Waals surface area contributed by atoms with E-state index in [0.29, 0.717) is 0 Å². The average molecular weight is 271 g/mol. The SMILES string of the molecule is C[C@]12CCNCCN1c1cc(C3CC3)ccc1C(=O)N2. The van der Waals surface area contributed by atoms with Crippen molar-refractivity contribution in [3.05, 3.63) is 29.3 Å². The number of benzene rings is 1. The molecule has 1 aliphatic carbocycles. The molecule has 1 aromatic rings. The van der Waals surface area contributed by atoms with Crippen molar-refractivity contribution in [1.82, 2.24) is 10.6 Å². The van der Waals surface area contributed by atoms with Crippen molar-refractivity contribution >= 4 is 11.6 Å². The number of amides is 1. The molecule has 0 bridgehead atoms. The minimum absolute atomic E-state index is 0.0722. The first kappa shape index (κ1) is 12.2. The van der Waals surface area contributed by atoms with Gasteiger partial charge in [-0.15, -0.1) is 0 Å². The molecule has 1 saturated carbocycles. The molecular weight excluding hydrogens is 250 g/mol. The maximum Gasteiger partial charge on any atom is 0.255 e. The molecule has 20 heavy (non-hydrogen) atoms. The van der Waals surface area contributed by atoms with Gasteiger partial charge in [-0.05, 0) is 49.9 Å². The number of carbonyl (C=O) groups excluding carboxylic acids is 1. The number of anilines is 1. The third-order valence-electron chi connectivity index (χ3n) is 4.89. The molecule has 1 amide bonds. The van der Waals surface area contributed by atoms with Gasteiger partial charge in [-0.1, -0.05) is 6.07 Å². The maximum absolute atomic E-state index is 12.4. The molecule has 0 radical (unpaired) electrons. The Morgan fingerprint density at radius 2 is 2.15 bits per heavy atom. The first-order valence-corrected chi connectivity index (χ1v) is 7.62. The summed E-state index contributed by atoms with van der Waals surface area (Å²) in [6, 6.07) is 6.40. The van der Waals surface area contributed by atoms with Gasteiger partial charge in [0.2, 0.25) is 0 Å². The number of rotatable bonds is 1. The van der Waals surface area contributed by atoms with E-state index in [0.717, 1.165) is 43.2 Å². The molecule has 0 aromatic heterocycles. The number of nitrogens with one attached hydrogen (secondary N) is 2. The van der Waals surface area contributed by atoms with Gasteiger partial charge in [-0.2, -0.15) is 0 Å². The van der Waals surface area contributed by atoms with Crippen molar-refractivity contribution < 1.29 is 4.79 Å². The third kappa shape index (κ3) is 1.82. The molecule has 1 aromatic carbocycles. The summed E-state index contributed by atoms with van der Waals surface area (Å²) in [4.78, 5) is 14.8. The van der Waals surface area contributed by atoms with Crippen LogP contribution >= 0.6 is 0 Å². The standard InChI is InChI=1S/C16H21N3O/c1-16-6-7-17-8-9-19(16)14-10-12(11-2-3-11)4-5-13(14)15(20)18-16/h4-5,10-11,17H,2-3,6-9H2,1H3,(H,18,20)/t16-/m1/s1. The van der Waals surface area contributed by atoms with E-state index in [1.165, 1.54) is 18.4 Å². The second kappa shape index (κ2) is 4.22. The molecule has 2 N–H and O–H groups in total. The quantitative estimate of drug-likeness (QED) is 0.819. The first-order valence-electron chi connectivity index (χ1n) is 7.62. The first-order chi connectivity index (χ1) is 9.67. The highest BCUT2D eigenvalue weighted by Gasteiger charge is 2.41. The van der Waals surface area contributed by atoms with Crippen molar-refractivity contribution in [2.45, 2.75) is 37.8 Å². The fourth-order valence-corrected chi connectivity index (χ4v) is 3.49. The van der Waals surface area contributed by atoms with Crippen molar-refractivity contribution in [3.8, 4) is 0 Å². The molecule has 1 atom stereocenters. The second-order valence-corrected chi connectivity index (χ2v) is 6.43. The van der Waals surface area contributed by atoms with Gasteiger partial charge in [0.15, 0.2) is 0 Å². The fourth-order valence-electron chi connectivity index (χ4n) is 3.49. The van der Waals surface area contributed by atoms with Crippen molar-refractivity contribution in [2.24, 2.45) is 0 Å². The highest BCUT2D eigenvalue weighted by atomic mass is 16.2. The van der Waals surface area contributed by atoms with Crippen LogP contribution in [0.15, 0.2) is 18.2 Å². The maximum atomic E-state index is 12.4. The summed E-state index contributed by atoms with van der Waals surface area (Å²) in [6.07, 6.45) is 3.53. The summed E-state index contributed by atoms with van der Waals surface area (Å²) in [5.74, 6) is 0.796. The van der Waals surface area contributed by atoms with E-state index >= 15 is 0 Å². The largest absolute Gasteiger partial charge is 0.347 e. The average Bonchev–Trinajstić information content (AvgIpc) is 3.24. The van der Waals surface area contributed by atoms with Crippen LogP contribution in [0, 0.1) is 0 Å². The van der Waals surface area contributed by atoms with Gasteiger partial charge in [-0.25, -0.2) is 0 Å². The molecule has 106 valence electrons.